The minimum Gasteiger partial charge on any atom is -0.497 e. The summed E-state index contributed by atoms with van der Waals surface area (Å²) in [6.45, 7) is 9.25. The molecule has 1 aromatic heterocycles. The number of rotatable bonds is 6. The van der Waals surface area contributed by atoms with E-state index in [1.54, 1.807) is 30.9 Å². The van der Waals surface area contributed by atoms with Gasteiger partial charge in [0, 0.05) is 13.5 Å². The first-order valence-corrected chi connectivity index (χ1v) is 10.0. The van der Waals surface area contributed by atoms with E-state index < -0.39 is 0 Å². The third-order valence-electron chi connectivity index (χ3n) is 5.67. The molecule has 2 aromatic carbocycles. The van der Waals surface area contributed by atoms with Crippen molar-refractivity contribution >= 4 is 5.69 Å². The molecule has 4 rings (SSSR count). The van der Waals surface area contributed by atoms with Gasteiger partial charge in [0.15, 0.2) is 5.69 Å². The Balaban J connectivity index is 1.84. The molecule has 3 aromatic rings. The van der Waals surface area contributed by atoms with Crippen LogP contribution in [0.5, 0.6) is 5.75 Å². The summed E-state index contributed by atoms with van der Waals surface area (Å²) in [7, 11) is 3.41. The molecule has 1 aliphatic rings. The Morgan fingerprint density at radius 2 is 1.80 bits per heavy atom. The zero-order valence-electron chi connectivity index (χ0n) is 17.2. The van der Waals surface area contributed by atoms with Crippen LogP contribution in [0.25, 0.3) is 27.2 Å². The van der Waals surface area contributed by atoms with Gasteiger partial charge in [-0.15, -0.1) is 0 Å². The molecule has 152 valence electrons. The van der Waals surface area contributed by atoms with Gasteiger partial charge in [-0.1, -0.05) is 36.4 Å². The summed E-state index contributed by atoms with van der Waals surface area (Å²) >= 11 is 0. The zero-order chi connectivity index (χ0) is 21.1. The van der Waals surface area contributed by atoms with Crippen molar-refractivity contribution in [2.24, 2.45) is 13.0 Å². The van der Waals surface area contributed by atoms with E-state index >= 15 is 0 Å². The van der Waals surface area contributed by atoms with E-state index in [2.05, 4.69) is 10.2 Å². The highest BCUT2D eigenvalue weighted by Crippen LogP contribution is 2.30. The Labute approximate surface area is 176 Å². The molecule has 6 heteroatoms. The zero-order valence-corrected chi connectivity index (χ0v) is 17.2. The number of hydrogen-bond acceptors (Lipinski definition) is 4. The van der Waals surface area contributed by atoms with Crippen LogP contribution in [0.15, 0.2) is 53.3 Å². The number of nitrogens with one attached hydrogen (secondary N) is 1. The predicted octanol–water partition coefficient (Wildman–Crippen LogP) is 3.83. The normalized spacial score (nSPS) is 13.5. The fourth-order valence-corrected chi connectivity index (χ4v) is 3.68. The minimum atomic E-state index is -0.0684. The molecule has 0 radical (unpaired) electrons. The molecular weight excluding hydrogens is 376 g/mol. The molecular formula is C24H24N4O2. The molecule has 0 saturated carbocycles. The van der Waals surface area contributed by atoms with Crippen LogP contribution in [-0.4, -0.2) is 29.8 Å². The van der Waals surface area contributed by atoms with Gasteiger partial charge in [0.1, 0.15) is 11.6 Å². The van der Waals surface area contributed by atoms with Crippen LogP contribution >= 0.6 is 0 Å². The molecule has 0 unspecified atom stereocenters. The van der Waals surface area contributed by atoms with Crippen LogP contribution in [0.2, 0.25) is 0 Å². The van der Waals surface area contributed by atoms with E-state index in [0.717, 1.165) is 48.6 Å². The number of methoxy groups -OCH3 is 1. The van der Waals surface area contributed by atoms with Gasteiger partial charge in [-0.2, -0.15) is 0 Å². The van der Waals surface area contributed by atoms with Crippen molar-refractivity contribution < 1.29 is 4.74 Å². The molecule has 0 spiro atoms. The quantitative estimate of drug-likeness (QED) is 0.639. The van der Waals surface area contributed by atoms with Crippen LogP contribution in [0, 0.1) is 12.5 Å². The Hall–Kier alpha value is -3.43. The van der Waals surface area contributed by atoms with E-state index in [4.69, 9.17) is 16.3 Å². The van der Waals surface area contributed by atoms with Crippen LogP contribution in [0.3, 0.4) is 0 Å². The molecule has 1 fully saturated rings. The first kappa shape index (κ1) is 19.9. The van der Waals surface area contributed by atoms with E-state index in [9.17, 15) is 4.79 Å². The molecule has 1 N–H and O–H groups in total. The monoisotopic (exact) mass is 400 g/mol. The maximum atomic E-state index is 13.4. The smallest absolute Gasteiger partial charge is 0.261 e. The van der Waals surface area contributed by atoms with Crippen LogP contribution in [0.1, 0.15) is 12.2 Å². The Kier molecular flexibility index (Phi) is 5.64. The lowest BCUT2D eigenvalue weighted by atomic mass is 9.96. The fraction of sp³-hybridized carbons (Fsp3) is 0.292. The van der Waals surface area contributed by atoms with Gasteiger partial charge in [0.05, 0.1) is 24.9 Å². The summed E-state index contributed by atoms with van der Waals surface area (Å²) in [6.07, 6.45) is 1.76. The second-order valence-corrected chi connectivity index (χ2v) is 7.57. The van der Waals surface area contributed by atoms with Crippen molar-refractivity contribution in [3.63, 3.8) is 0 Å². The predicted molar refractivity (Wildman–Crippen MR) is 118 cm³/mol. The van der Waals surface area contributed by atoms with Crippen molar-refractivity contribution in [3.8, 4) is 28.1 Å². The number of nitrogens with zero attached hydrogens (tertiary/aromatic N) is 3. The number of hydrogen-bond donors (Lipinski definition) is 1. The molecule has 1 aliphatic heterocycles. The summed E-state index contributed by atoms with van der Waals surface area (Å²) < 4.78 is 6.93. The van der Waals surface area contributed by atoms with E-state index in [0.29, 0.717) is 22.9 Å². The fourth-order valence-electron chi connectivity index (χ4n) is 3.68. The minimum absolute atomic E-state index is 0.0684. The highest BCUT2D eigenvalue weighted by atomic mass is 16.5. The molecule has 0 bridgehead atoms. The van der Waals surface area contributed by atoms with Crippen molar-refractivity contribution in [1.29, 1.82) is 0 Å². The van der Waals surface area contributed by atoms with Gasteiger partial charge in [0.25, 0.3) is 5.56 Å². The number of aromatic nitrogens is 2. The first-order valence-electron chi connectivity index (χ1n) is 10.0. The van der Waals surface area contributed by atoms with Crippen LogP contribution in [0.4, 0.5) is 5.69 Å². The SMILES string of the molecule is [C-]#[N+]c1ccc(-c2nc(CCC3CNC3)n(C)c(=O)c2-c2ccc(OC)cc2)cc1. The van der Waals surface area contributed by atoms with Crippen molar-refractivity contribution in [2.45, 2.75) is 12.8 Å². The summed E-state index contributed by atoms with van der Waals surface area (Å²) in [5.74, 6) is 2.16. The number of benzene rings is 2. The van der Waals surface area contributed by atoms with Crippen molar-refractivity contribution in [1.82, 2.24) is 14.9 Å². The lowest BCUT2D eigenvalue weighted by Crippen LogP contribution is -2.42. The average Bonchev–Trinajstić information content (AvgIpc) is 2.75. The maximum Gasteiger partial charge on any atom is 0.261 e. The first-order chi connectivity index (χ1) is 14.6. The lowest BCUT2D eigenvalue weighted by molar-refractivity contribution is 0.324. The van der Waals surface area contributed by atoms with E-state index in [1.807, 2.05) is 36.4 Å². The second kappa shape index (κ2) is 8.52. The van der Waals surface area contributed by atoms with Gasteiger partial charge in [-0.3, -0.25) is 9.36 Å². The van der Waals surface area contributed by atoms with Crippen molar-refractivity contribution in [2.75, 3.05) is 20.2 Å². The van der Waals surface area contributed by atoms with Gasteiger partial charge >= 0.3 is 0 Å². The molecule has 0 aliphatic carbocycles. The Morgan fingerprint density at radius 3 is 2.37 bits per heavy atom. The van der Waals surface area contributed by atoms with Crippen molar-refractivity contribution in [3.05, 3.63) is 76.1 Å². The Bertz CT molecular complexity index is 1140. The summed E-state index contributed by atoms with van der Waals surface area (Å²) in [6, 6.07) is 14.7. The van der Waals surface area contributed by atoms with Gasteiger partial charge in [-0.25, -0.2) is 9.83 Å². The number of aryl methyl sites for hydroxylation is 1. The van der Waals surface area contributed by atoms with E-state index in [1.165, 1.54) is 0 Å². The molecule has 2 heterocycles. The molecule has 1 saturated heterocycles. The van der Waals surface area contributed by atoms with Gasteiger partial charge in [-0.05, 0) is 48.7 Å². The summed E-state index contributed by atoms with van der Waals surface area (Å²) in [5, 5.41) is 3.29. The highest BCUT2D eigenvalue weighted by molar-refractivity contribution is 5.81. The molecule has 30 heavy (non-hydrogen) atoms. The molecule has 0 atom stereocenters. The average molecular weight is 400 g/mol. The standard InChI is InChI=1S/C24H24N4O2/c1-25-19-9-5-18(6-10-19)23-22(17-7-11-20(30-3)12-8-17)24(29)28(2)21(27-23)13-4-16-14-26-15-16/h5-12,16,26H,4,13-15H2,2-3H3. The topological polar surface area (TPSA) is 60.5 Å². The highest BCUT2D eigenvalue weighted by Gasteiger charge is 2.21. The number of ether oxygens (including phenoxy) is 1. The summed E-state index contributed by atoms with van der Waals surface area (Å²) in [4.78, 5) is 21.8. The van der Waals surface area contributed by atoms with Gasteiger partial charge in [0.2, 0.25) is 0 Å². The third-order valence-corrected chi connectivity index (χ3v) is 5.67. The van der Waals surface area contributed by atoms with Crippen LogP contribution in [-0.2, 0) is 13.5 Å². The second-order valence-electron chi connectivity index (χ2n) is 7.57. The largest absolute Gasteiger partial charge is 0.497 e. The maximum absolute atomic E-state index is 13.4. The van der Waals surface area contributed by atoms with Gasteiger partial charge < -0.3 is 10.1 Å². The van der Waals surface area contributed by atoms with E-state index in [-0.39, 0.29) is 5.56 Å². The molecule has 6 nitrogen and oxygen atoms in total. The Morgan fingerprint density at radius 1 is 1.13 bits per heavy atom. The van der Waals surface area contributed by atoms with Crippen LogP contribution < -0.4 is 15.6 Å². The lowest BCUT2D eigenvalue weighted by Gasteiger charge is -2.27. The third kappa shape index (κ3) is 3.85. The molecule has 0 amide bonds. The summed E-state index contributed by atoms with van der Waals surface area (Å²) in [5.41, 5.74) is 3.33.